The van der Waals surface area contributed by atoms with Crippen LogP contribution >= 0.6 is 0 Å². The number of piperazine rings is 1. The van der Waals surface area contributed by atoms with Gasteiger partial charge in [-0.05, 0) is 32.9 Å². The van der Waals surface area contributed by atoms with Crippen molar-refractivity contribution in [2.45, 2.75) is 32.5 Å². The van der Waals surface area contributed by atoms with Gasteiger partial charge in [0.05, 0.1) is 0 Å². The number of carbonyl (C=O) groups is 1. The molecule has 0 N–H and O–H groups in total. The van der Waals surface area contributed by atoms with Crippen molar-refractivity contribution in [3.8, 4) is 0 Å². The molecule has 2 rings (SSSR count). The Bertz CT molecular complexity index is 544. The van der Waals surface area contributed by atoms with E-state index < -0.39 is 22.8 Å². The zero-order valence-electron chi connectivity index (χ0n) is 12.9. The third-order valence-corrected chi connectivity index (χ3v) is 3.20. The second kappa shape index (κ2) is 6.17. The molecule has 1 fully saturated rings. The van der Waals surface area contributed by atoms with Gasteiger partial charge in [0.25, 0.3) is 0 Å². The molecule has 0 bridgehead atoms. The van der Waals surface area contributed by atoms with Crippen molar-refractivity contribution in [1.29, 1.82) is 0 Å². The first-order chi connectivity index (χ1) is 10.3. The van der Waals surface area contributed by atoms with E-state index in [1.165, 1.54) is 4.90 Å². The van der Waals surface area contributed by atoms with Crippen LogP contribution in [0.2, 0.25) is 0 Å². The number of ether oxygens (including phenoxy) is 1. The van der Waals surface area contributed by atoms with Crippen molar-refractivity contribution in [1.82, 2.24) is 9.88 Å². The summed E-state index contributed by atoms with van der Waals surface area (Å²) in [5.41, 5.74) is -0.684. The number of aromatic nitrogens is 1. The quantitative estimate of drug-likeness (QED) is 0.611. The lowest BCUT2D eigenvalue weighted by Crippen LogP contribution is -2.59. The predicted molar refractivity (Wildman–Crippen MR) is 80.2 cm³/mol. The van der Waals surface area contributed by atoms with Gasteiger partial charge >= 0.3 is 12.3 Å². The van der Waals surface area contributed by atoms with E-state index >= 15 is 0 Å². The summed E-state index contributed by atoms with van der Waals surface area (Å²) >= 11 is 0. The van der Waals surface area contributed by atoms with Crippen molar-refractivity contribution in [3.05, 3.63) is 34.5 Å². The van der Waals surface area contributed by atoms with E-state index in [4.69, 9.17) is 4.74 Å². The van der Waals surface area contributed by atoms with Gasteiger partial charge in [0.1, 0.15) is 18.0 Å². The fraction of sp³-hybridized carbons (Fsp3) is 0.571. The number of pyridine rings is 1. The maximum Gasteiger partial charge on any atom is 0.415 e. The van der Waals surface area contributed by atoms with Crippen LogP contribution in [0, 0.1) is 10.1 Å². The second-order valence-corrected chi connectivity index (χ2v) is 6.07. The number of rotatable bonds is 2. The third-order valence-electron chi connectivity index (χ3n) is 3.20. The molecule has 8 nitrogen and oxygen atoms in total. The van der Waals surface area contributed by atoms with Gasteiger partial charge in [-0.25, -0.2) is 14.7 Å². The van der Waals surface area contributed by atoms with Gasteiger partial charge in [0.2, 0.25) is 0 Å². The van der Waals surface area contributed by atoms with Gasteiger partial charge in [-0.3, -0.25) is 10.1 Å². The number of amides is 1. The number of nitro groups is 1. The average molecular weight is 308 g/mol. The molecule has 0 spiro atoms. The Morgan fingerprint density at radius 1 is 1.41 bits per heavy atom. The Hall–Kier alpha value is -2.38. The fourth-order valence-electron chi connectivity index (χ4n) is 2.23. The van der Waals surface area contributed by atoms with Crippen LogP contribution in [-0.2, 0) is 4.74 Å². The largest absolute Gasteiger partial charge is 0.444 e. The normalized spacial score (nSPS) is 19.0. The summed E-state index contributed by atoms with van der Waals surface area (Å²) in [6.07, 6.45) is -0.169. The highest BCUT2D eigenvalue weighted by molar-refractivity contribution is 5.69. The molecule has 1 unspecified atom stereocenters. The molecule has 8 heteroatoms. The molecule has 2 heterocycles. The minimum atomic E-state index is -1.15. The van der Waals surface area contributed by atoms with Gasteiger partial charge in [0.15, 0.2) is 0 Å². The van der Waals surface area contributed by atoms with Crippen LogP contribution in [-0.4, -0.2) is 52.3 Å². The van der Waals surface area contributed by atoms with E-state index in [0.717, 1.165) is 0 Å². The van der Waals surface area contributed by atoms with Crippen molar-refractivity contribution < 1.29 is 14.5 Å². The summed E-state index contributed by atoms with van der Waals surface area (Å²) in [5.74, 6) is 0.665. The van der Waals surface area contributed by atoms with Crippen LogP contribution in [0.3, 0.4) is 0 Å². The van der Waals surface area contributed by atoms with Gasteiger partial charge < -0.3 is 9.64 Å². The van der Waals surface area contributed by atoms with E-state index in [0.29, 0.717) is 12.4 Å². The van der Waals surface area contributed by atoms with Crippen LogP contribution in [0.25, 0.3) is 0 Å². The molecule has 1 saturated heterocycles. The van der Waals surface area contributed by atoms with Crippen molar-refractivity contribution in [3.63, 3.8) is 0 Å². The molecule has 1 amide bonds. The number of anilines is 1. The fourth-order valence-corrected chi connectivity index (χ4v) is 2.23. The lowest BCUT2D eigenvalue weighted by atomic mass is 10.2. The number of hydrogen-bond acceptors (Lipinski definition) is 6. The summed E-state index contributed by atoms with van der Waals surface area (Å²) in [4.78, 5) is 30.2. The average Bonchev–Trinajstić information content (AvgIpc) is 2.45. The Labute approximate surface area is 128 Å². The van der Waals surface area contributed by atoms with E-state index in [-0.39, 0.29) is 13.1 Å². The highest BCUT2D eigenvalue weighted by Crippen LogP contribution is 2.19. The maximum absolute atomic E-state index is 12.1. The molecule has 0 saturated carbocycles. The van der Waals surface area contributed by atoms with Crippen LogP contribution < -0.4 is 4.90 Å². The Kier molecular flexibility index (Phi) is 4.48. The summed E-state index contributed by atoms with van der Waals surface area (Å²) in [5, 5.41) is 11.3. The molecule has 0 radical (unpaired) electrons. The molecular formula is C14H20N4O4. The van der Waals surface area contributed by atoms with E-state index in [9.17, 15) is 14.9 Å². The van der Waals surface area contributed by atoms with Crippen molar-refractivity contribution in [2.24, 2.45) is 0 Å². The summed E-state index contributed by atoms with van der Waals surface area (Å²) < 4.78 is 5.25. The zero-order valence-corrected chi connectivity index (χ0v) is 12.9. The minimum absolute atomic E-state index is 0.0866. The Balaban J connectivity index is 2.12. The Morgan fingerprint density at radius 3 is 2.68 bits per heavy atom. The standard InChI is InChI=1S/C14H20N4O4/c1-14(2,3)22-13(19)17-9-8-16(10-12(17)18(20)21)11-6-4-5-7-15-11/h4-7,12H,8-10H2,1-3H3. The van der Waals surface area contributed by atoms with E-state index in [1.807, 2.05) is 6.07 Å². The molecule has 0 aliphatic carbocycles. The first-order valence-electron chi connectivity index (χ1n) is 7.07. The van der Waals surface area contributed by atoms with Crippen LogP contribution in [0.1, 0.15) is 20.8 Å². The predicted octanol–water partition coefficient (Wildman–Crippen LogP) is 1.74. The monoisotopic (exact) mass is 308 g/mol. The van der Waals surface area contributed by atoms with Gasteiger partial charge in [-0.1, -0.05) is 6.07 Å². The zero-order chi connectivity index (χ0) is 16.3. The molecule has 1 aromatic heterocycles. The topological polar surface area (TPSA) is 88.8 Å². The van der Waals surface area contributed by atoms with Crippen LogP contribution in [0.5, 0.6) is 0 Å². The summed E-state index contributed by atoms with van der Waals surface area (Å²) in [6.45, 7) is 5.98. The number of carbonyl (C=O) groups excluding carboxylic acids is 1. The summed E-state index contributed by atoms with van der Waals surface area (Å²) in [6, 6.07) is 5.40. The molecule has 1 aliphatic heterocycles. The van der Waals surface area contributed by atoms with Crippen molar-refractivity contribution >= 4 is 11.9 Å². The van der Waals surface area contributed by atoms with E-state index in [2.05, 4.69) is 4.98 Å². The molecule has 1 atom stereocenters. The number of hydrogen-bond donors (Lipinski definition) is 0. The highest BCUT2D eigenvalue weighted by Gasteiger charge is 2.40. The summed E-state index contributed by atoms with van der Waals surface area (Å²) in [7, 11) is 0. The minimum Gasteiger partial charge on any atom is -0.444 e. The van der Waals surface area contributed by atoms with Gasteiger partial charge in [0, 0.05) is 24.2 Å². The lowest BCUT2D eigenvalue weighted by molar-refractivity contribution is -0.544. The molecule has 120 valence electrons. The van der Waals surface area contributed by atoms with E-state index in [1.54, 1.807) is 44.0 Å². The first-order valence-corrected chi connectivity index (χ1v) is 7.07. The smallest absolute Gasteiger partial charge is 0.415 e. The van der Waals surface area contributed by atoms with Crippen molar-refractivity contribution in [2.75, 3.05) is 24.5 Å². The Morgan fingerprint density at radius 2 is 2.14 bits per heavy atom. The van der Waals surface area contributed by atoms with Crippen LogP contribution in [0.15, 0.2) is 24.4 Å². The molecule has 0 aromatic carbocycles. The maximum atomic E-state index is 12.1. The first kappa shape index (κ1) is 16.0. The number of nitrogens with zero attached hydrogens (tertiary/aromatic N) is 4. The third kappa shape index (κ3) is 3.84. The van der Waals surface area contributed by atoms with Crippen LogP contribution in [0.4, 0.5) is 10.6 Å². The second-order valence-electron chi connectivity index (χ2n) is 6.07. The molecule has 1 aliphatic rings. The lowest BCUT2D eigenvalue weighted by Gasteiger charge is -2.37. The molecule has 22 heavy (non-hydrogen) atoms. The SMILES string of the molecule is CC(C)(C)OC(=O)N1CCN(c2ccccn2)CC1[N+](=O)[O-]. The highest BCUT2D eigenvalue weighted by atomic mass is 16.6. The van der Waals surface area contributed by atoms with Gasteiger partial charge in [-0.15, -0.1) is 0 Å². The molecule has 1 aromatic rings. The van der Waals surface area contributed by atoms with Gasteiger partial charge in [-0.2, -0.15) is 0 Å². The molecular weight excluding hydrogens is 288 g/mol.